The van der Waals surface area contributed by atoms with Crippen molar-refractivity contribution in [3.8, 4) is 11.8 Å². The maximum Gasteiger partial charge on any atom is 0.278 e. The van der Waals surface area contributed by atoms with Crippen molar-refractivity contribution in [1.82, 2.24) is 29.8 Å². The molecule has 1 saturated carbocycles. The molecule has 4 aromatic rings. The minimum atomic E-state index is -0.909. The molecule has 5 aliphatic rings. The Kier molecular flexibility index (Phi) is 10.9. The second-order valence-corrected chi connectivity index (χ2v) is 17.8. The molecule has 3 amide bonds. The average Bonchev–Trinajstić information content (AvgIpc) is 3.25. The summed E-state index contributed by atoms with van der Waals surface area (Å²) in [6.45, 7) is 7.07. The molecule has 1 unspecified atom stereocenters. The number of ether oxygens (including phenoxy) is 1. The van der Waals surface area contributed by atoms with Crippen LogP contribution in [0.15, 0.2) is 59.5 Å². The summed E-state index contributed by atoms with van der Waals surface area (Å²) in [5.74, 6) is 1.03. The van der Waals surface area contributed by atoms with E-state index in [4.69, 9.17) is 27.3 Å². The number of aromatic nitrogens is 4. The van der Waals surface area contributed by atoms with E-state index in [0.29, 0.717) is 69.8 Å². The molecule has 6 heterocycles. The highest BCUT2D eigenvalue weighted by molar-refractivity contribution is 6.31. The normalized spacial score (nSPS) is 23.7. The lowest BCUT2D eigenvalue weighted by Gasteiger charge is -2.55. The summed E-state index contributed by atoms with van der Waals surface area (Å²) < 4.78 is 7.32. The molecule has 2 aromatic carbocycles. The Balaban J connectivity index is 0.780. The third-order valence-corrected chi connectivity index (χ3v) is 13.9. The van der Waals surface area contributed by atoms with Crippen LogP contribution in [0.4, 0.5) is 11.5 Å². The molecule has 5 fully saturated rings. The van der Waals surface area contributed by atoms with Crippen molar-refractivity contribution in [2.75, 3.05) is 55.6 Å². The number of imide groups is 1. The Morgan fingerprint density at radius 2 is 1.68 bits per heavy atom. The fraction of sp³-hybridized carbons (Fsp3) is 0.500. The van der Waals surface area contributed by atoms with Crippen LogP contribution in [0, 0.1) is 22.7 Å². The van der Waals surface area contributed by atoms with Gasteiger partial charge in [0.1, 0.15) is 29.2 Å². The number of fused-ring (bicyclic) bond motifs is 1. The number of nitrogens with two attached hydrogens (primary N) is 1. The molecule has 1 aliphatic carbocycles. The predicted octanol–water partition coefficient (Wildman–Crippen LogP) is 4.71. The molecular formula is C44H49ClN10O5. The number of carbonyl (C=O) groups excluding carboxylic acids is 3. The van der Waals surface area contributed by atoms with Crippen LogP contribution >= 0.6 is 11.6 Å². The van der Waals surface area contributed by atoms with Gasteiger partial charge in [0.25, 0.3) is 11.5 Å². The average molecular weight is 833 g/mol. The maximum absolute atomic E-state index is 14.1. The number of hydrogen-bond donors (Lipinski definition) is 1. The van der Waals surface area contributed by atoms with Crippen molar-refractivity contribution in [2.45, 2.75) is 82.4 Å². The molecule has 15 nitrogen and oxygen atoms in total. The van der Waals surface area contributed by atoms with Gasteiger partial charge in [0.05, 0.1) is 27.6 Å². The second-order valence-electron chi connectivity index (χ2n) is 17.4. The first kappa shape index (κ1) is 39.8. The van der Waals surface area contributed by atoms with Crippen molar-refractivity contribution in [1.29, 1.82) is 5.26 Å². The van der Waals surface area contributed by atoms with E-state index >= 15 is 0 Å². The van der Waals surface area contributed by atoms with Crippen molar-refractivity contribution in [2.24, 2.45) is 17.1 Å². The van der Waals surface area contributed by atoms with E-state index in [1.807, 2.05) is 30.3 Å². The quantitative estimate of drug-likeness (QED) is 0.230. The Bertz CT molecular complexity index is 2390. The number of pyridine rings is 1. The highest BCUT2D eigenvalue weighted by Gasteiger charge is 2.46. The zero-order valence-corrected chi connectivity index (χ0v) is 34.3. The van der Waals surface area contributed by atoms with Gasteiger partial charge in [-0.2, -0.15) is 9.94 Å². The number of hydrogen-bond acceptors (Lipinski definition) is 12. The Labute approximate surface area is 353 Å². The van der Waals surface area contributed by atoms with Crippen LogP contribution in [0.25, 0.3) is 10.9 Å². The maximum atomic E-state index is 14.1. The van der Waals surface area contributed by atoms with E-state index in [2.05, 4.69) is 30.0 Å². The SMILES string of the molecule is N#Cc1ccc(OC2CCC(N3C(=O)CCC(n4nnc5ccc(N6CCC7(CC6)CN(CC6CCN(c8ccc(C(N)=O)cn8)CC6)C7)cc5c4=O)C3=O)CC2)cc1Cl. The first-order chi connectivity index (χ1) is 29.1. The summed E-state index contributed by atoms with van der Waals surface area (Å²) in [4.78, 5) is 65.7. The predicted molar refractivity (Wildman–Crippen MR) is 225 cm³/mol. The molecule has 9 rings (SSSR count). The standard InChI is InChI=1S/C44H49ClN10O5/c45-36-22-34(6-1-29(36)23-46)60-33-7-3-31(4-8-33)54-40(56)12-10-38(43(54)59)55-42(58)35-21-32(5-9-37(35)49-50-55)52-19-15-44(16-20-52)26-51(27-44)25-28-13-17-53(18-14-28)39-11-2-30(24-48-39)41(47)57/h1-2,5-6,9,11,21-22,24,28,31,33,38H,3-4,7-8,10,12-20,25-27H2,(H2,47,57). The van der Waals surface area contributed by atoms with E-state index in [1.54, 1.807) is 30.5 Å². The highest BCUT2D eigenvalue weighted by Crippen LogP contribution is 2.42. The summed E-state index contributed by atoms with van der Waals surface area (Å²) in [7, 11) is 0. The molecule has 1 atom stereocenters. The lowest BCUT2D eigenvalue weighted by atomic mass is 9.71. The monoisotopic (exact) mass is 832 g/mol. The largest absolute Gasteiger partial charge is 0.490 e. The number of nitriles is 1. The van der Waals surface area contributed by atoms with Gasteiger partial charge in [-0.25, -0.2) is 4.98 Å². The van der Waals surface area contributed by atoms with Gasteiger partial charge in [0.2, 0.25) is 11.8 Å². The molecule has 312 valence electrons. The molecular weight excluding hydrogens is 784 g/mol. The van der Waals surface area contributed by atoms with Gasteiger partial charge in [-0.15, -0.1) is 5.10 Å². The van der Waals surface area contributed by atoms with Gasteiger partial charge in [0, 0.05) is 76.2 Å². The summed E-state index contributed by atoms with van der Waals surface area (Å²) in [6.07, 6.45) is 8.61. The van der Waals surface area contributed by atoms with Crippen LogP contribution in [0.5, 0.6) is 5.75 Å². The number of carbonyl (C=O) groups is 3. The van der Waals surface area contributed by atoms with Crippen LogP contribution in [0.1, 0.15) is 86.2 Å². The Morgan fingerprint density at radius 1 is 0.917 bits per heavy atom. The van der Waals surface area contributed by atoms with Crippen LogP contribution in [-0.2, 0) is 9.59 Å². The van der Waals surface area contributed by atoms with E-state index in [0.717, 1.165) is 83.0 Å². The van der Waals surface area contributed by atoms with Crippen molar-refractivity contribution in [3.05, 3.63) is 81.2 Å². The number of primary amides is 1. The van der Waals surface area contributed by atoms with Crippen LogP contribution < -0.4 is 25.8 Å². The first-order valence-electron chi connectivity index (χ1n) is 21.2. The fourth-order valence-corrected chi connectivity index (χ4v) is 10.3. The number of likely N-dealkylation sites (tertiary alicyclic amines) is 2. The number of rotatable bonds is 9. The number of nitrogens with zero attached hydrogens (tertiary/aromatic N) is 9. The first-order valence-corrected chi connectivity index (χ1v) is 21.5. The Morgan fingerprint density at radius 3 is 2.37 bits per heavy atom. The third-order valence-electron chi connectivity index (χ3n) is 13.6. The molecule has 4 saturated heterocycles. The molecule has 2 aromatic heterocycles. The molecule has 16 heteroatoms. The summed E-state index contributed by atoms with van der Waals surface area (Å²) in [5, 5.41) is 18.5. The summed E-state index contributed by atoms with van der Waals surface area (Å²) >= 11 is 6.19. The lowest BCUT2D eigenvalue weighted by molar-refractivity contribution is -0.155. The van der Waals surface area contributed by atoms with Gasteiger partial charge in [0.15, 0.2) is 0 Å². The molecule has 4 aliphatic heterocycles. The fourth-order valence-electron chi connectivity index (χ4n) is 10.1. The van der Waals surface area contributed by atoms with E-state index < -0.39 is 17.9 Å². The van der Waals surface area contributed by atoms with Gasteiger partial charge < -0.3 is 25.2 Å². The number of benzene rings is 2. The highest BCUT2D eigenvalue weighted by atomic mass is 35.5. The number of amides is 3. The van der Waals surface area contributed by atoms with Crippen molar-refractivity contribution >= 4 is 51.7 Å². The minimum absolute atomic E-state index is 0.116. The zero-order chi connectivity index (χ0) is 41.5. The molecule has 0 radical (unpaired) electrons. The van der Waals surface area contributed by atoms with Crippen molar-refractivity contribution < 1.29 is 19.1 Å². The second kappa shape index (κ2) is 16.5. The van der Waals surface area contributed by atoms with Crippen molar-refractivity contribution in [3.63, 3.8) is 0 Å². The van der Waals surface area contributed by atoms with E-state index in [9.17, 15) is 19.2 Å². The number of piperidine rings is 3. The minimum Gasteiger partial charge on any atom is -0.490 e. The Hall–Kier alpha value is -5.59. The molecule has 2 N–H and O–H groups in total. The van der Waals surface area contributed by atoms with Crippen LogP contribution in [0.3, 0.4) is 0 Å². The molecule has 60 heavy (non-hydrogen) atoms. The van der Waals surface area contributed by atoms with Gasteiger partial charge in [-0.1, -0.05) is 16.8 Å². The van der Waals surface area contributed by atoms with Gasteiger partial charge in [-0.3, -0.25) is 24.1 Å². The lowest BCUT2D eigenvalue weighted by Crippen LogP contribution is -2.61. The smallest absolute Gasteiger partial charge is 0.278 e. The van der Waals surface area contributed by atoms with Gasteiger partial charge >= 0.3 is 0 Å². The number of anilines is 2. The van der Waals surface area contributed by atoms with E-state index in [-0.39, 0.29) is 36.5 Å². The topological polar surface area (TPSA) is 184 Å². The summed E-state index contributed by atoms with van der Waals surface area (Å²) in [6, 6.07) is 15.2. The number of halogens is 1. The summed E-state index contributed by atoms with van der Waals surface area (Å²) in [5.41, 5.74) is 7.57. The van der Waals surface area contributed by atoms with Crippen LogP contribution in [0.2, 0.25) is 5.02 Å². The molecule has 0 bridgehead atoms. The molecule has 1 spiro atoms. The van der Waals surface area contributed by atoms with E-state index in [1.165, 1.54) is 9.58 Å². The van der Waals surface area contributed by atoms with Crippen LogP contribution in [-0.4, -0.2) is 105 Å². The third kappa shape index (κ3) is 7.90. The van der Waals surface area contributed by atoms with Gasteiger partial charge in [-0.05, 0) is 112 Å². The zero-order valence-electron chi connectivity index (χ0n) is 33.5.